The van der Waals surface area contributed by atoms with E-state index >= 15 is 0 Å². The van der Waals surface area contributed by atoms with Gasteiger partial charge >= 0.3 is 0 Å². The predicted molar refractivity (Wildman–Crippen MR) is 108 cm³/mol. The van der Waals surface area contributed by atoms with Gasteiger partial charge in [-0.1, -0.05) is 24.3 Å². The van der Waals surface area contributed by atoms with Gasteiger partial charge in [0.25, 0.3) is 5.69 Å². The van der Waals surface area contributed by atoms with Gasteiger partial charge in [0, 0.05) is 39.3 Å². The summed E-state index contributed by atoms with van der Waals surface area (Å²) in [6.45, 7) is 2.23. The maximum absolute atomic E-state index is 12.9. The third kappa shape index (κ3) is 3.61. The molecule has 152 valence electrons. The molecule has 2 heterocycles. The van der Waals surface area contributed by atoms with Gasteiger partial charge in [-0.3, -0.25) is 15.0 Å². The van der Waals surface area contributed by atoms with Crippen molar-refractivity contribution in [1.29, 1.82) is 0 Å². The Hall–Kier alpha value is -2.82. The van der Waals surface area contributed by atoms with Crippen molar-refractivity contribution in [1.82, 2.24) is 18.8 Å². The number of aromatic nitrogens is 2. The minimum Gasteiger partial charge on any atom is -0.330 e. The van der Waals surface area contributed by atoms with Crippen molar-refractivity contribution in [2.45, 2.75) is 11.4 Å². The number of sulfonamides is 1. The Kier molecular flexibility index (Phi) is 5.07. The Bertz CT molecular complexity index is 1170. The number of benzene rings is 2. The van der Waals surface area contributed by atoms with Gasteiger partial charge in [0.2, 0.25) is 10.0 Å². The van der Waals surface area contributed by atoms with E-state index in [4.69, 9.17) is 0 Å². The summed E-state index contributed by atoms with van der Waals surface area (Å²) in [4.78, 5) is 17.1. The minimum absolute atomic E-state index is 0.256. The third-order valence-corrected chi connectivity index (χ3v) is 7.20. The van der Waals surface area contributed by atoms with E-state index in [-0.39, 0.29) is 18.0 Å². The van der Waals surface area contributed by atoms with Crippen molar-refractivity contribution in [3.8, 4) is 0 Å². The number of nitrogens with zero attached hydrogens (tertiary/aromatic N) is 5. The SMILES string of the molecule is Cn1c(CN2CCN(S(=O)(=O)c3ccccc3[N+](=O)[O-])CC2)nc2ccccc21. The first-order valence-electron chi connectivity index (χ1n) is 9.24. The number of piperazine rings is 1. The standard InChI is InChI=1S/C19H21N5O4S/c1-21-16-7-3-2-6-15(16)20-19(21)14-22-10-12-23(13-11-22)29(27,28)18-9-5-4-8-17(18)24(25)26/h2-9H,10-14H2,1H3. The Labute approximate surface area is 168 Å². The maximum atomic E-state index is 12.9. The number of nitro groups is 1. The molecule has 9 nitrogen and oxygen atoms in total. The highest BCUT2D eigenvalue weighted by Crippen LogP contribution is 2.27. The largest absolute Gasteiger partial charge is 0.330 e. The minimum atomic E-state index is -3.92. The second-order valence-corrected chi connectivity index (χ2v) is 8.89. The summed E-state index contributed by atoms with van der Waals surface area (Å²) in [5.74, 6) is 0.918. The van der Waals surface area contributed by atoms with Crippen molar-refractivity contribution >= 4 is 26.7 Å². The molecule has 0 spiro atoms. The van der Waals surface area contributed by atoms with Gasteiger partial charge in [0.15, 0.2) is 4.90 Å². The molecule has 10 heteroatoms. The maximum Gasteiger partial charge on any atom is 0.289 e. The zero-order valence-corrected chi connectivity index (χ0v) is 16.7. The van der Waals surface area contributed by atoms with Crippen molar-refractivity contribution in [3.05, 3.63) is 64.5 Å². The van der Waals surface area contributed by atoms with E-state index in [9.17, 15) is 18.5 Å². The highest BCUT2D eigenvalue weighted by atomic mass is 32.2. The van der Waals surface area contributed by atoms with E-state index < -0.39 is 20.6 Å². The second kappa shape index (κ2) is 7.54. The number of hydrogen-bond acceptors (Lipinski definition) is 6. The van der Waals surface area contributed by atoms with Crippen molar-refractivity contribution in [2.24, 2.45) is 7.05 Å². The highest BCUT2D eigenvalue weighted by Gasteiger charge is 2.33. The lowest BCUT2D eigenvalue weighted by Crippen LogP contribution is -2.48. The molecule has 0 atom stereocenters. The Morgan fingerprint density at radius 3 is 2.38 bits per heavy atom. The molecule has 1 aliphatic heterocycles. The molecule has 0 saturated carbocycles. The molecule has 0 N–H and O–H groups in total. The number of imidazole rings is 1. The Morgan fingerprint density at radius 1 is 1.03 bits per heavy atom. The van der Waals surface area contributed by atoms with E-state index in [2.05, 4.69) is 9.88 Å². The van der Waals surface area contributed by atoms with Gasteiger partial charge < -0.3 is 4.57 Å². The molecule has 0 unspecified atom stereocenters. The molecular weight excluding hydrogens is 394 g/mol. The van der Waals surface area contributed by atoms with E-state index in [1.54, 1.807) is 0 Å². The van der Waals surface area contributed by atoms with Crippen LogP contribution in [0.25, 0.3) is 11.0 Å². The quantitative estimate of drug-likeness (QED) is 0.467. The number of fused-ring (bicyclic) bond motifs is 1. The highest BCUT2D eigenvalue weighted by molar-refractivity contribution is 7.89. The fraction of sp³-hybridized carbons (Fsp3) is 0.316. The molecule has 1 saturated heterocycles. The Morgan fingerprint density at radius 2 is 1.69 bits per heavy atom. The van der Waals surface area contributed by atoms with Gasteiger partial charge in [-0.05, 0) is 18.2 Å². The molecule has 1 fully saturated rings. The molecule has 0 aliphatic carbocycles. The third-order valence-electron chi connectivity index (χ3n) is 5.26. The van der Waals surface area contributed by atoms with Crippen LogP contribution in [-0.4, -0.2) is 58.3 Å². The number of rotatable bonds is 5. The first kappa shape index (κ1) is 19.5. The van der Waals surface area contributed by atoms with Crippen LogP contribution in [0.15, 0.2) is 53.4 Å². The van der Waals surface area contributed by atoms with Crippen LogP contribution in [-0.2, 0) is 23.6 Å². The van der Waals surface area contributed by atoms with E-state index in [1.165, 1.54) is 28.6 Å². The summed E-state index contributed by atoms with van der Waals surface area (Å²) in [6.07, 6.45) is 0. The first-order chi connectivity index (χ1) is 13.9. The summed E-state index contributed by atoms with van der Waals surface area (Å²) in [6, 6.07) is 13.4. The zero-order valence-electron chi connectivity index (χ0n) is 15.9. The van der Waals surface area contributed by atoms with Crippen molar-refractivity contribution in [3.63, 3.8) is 0 Å². The topological polar surface area (TPSA) is 102 Å². The summed E-state index contributed by atoms with van der Waals surface area (Å²) in [7, 11) is -1.95. The molecule has 0 radical (unpaired) electrons. The first-order valence-corrected chi connectivity index (χ1v) is 10.7. The van der Waals surface area contributed by atoms with Crippen LogP contribution in [0.5, 0.6) is 0 Å². The normalized spacial score (nSPS) is 16.3. The molecule has 0 amide bonds. The zero-order chi connectivity index (χ0) is 20.6. The number of aryl methyl sites for hydroxylation is 1. The smallest absolute Gasteiger partial charge is 0.289 e. The fourth-order valence-electron chi connectivity index (χ4n) is 3.63. The predicted octanol–water partition coefficient (Wildman–Crippen LogP) is 1.99. The van der Waals surface area contributed by atoms with Crippen LogP contribution >= 0.6 is 0 Å². The number of nitro benzene ring substituents is 1. The van der Waals surface area contributed by atoms with Gasteiger partial charge in [0.1, 0.15) is 5.82 Å². The van der Waals surface area contributed by atoms with Crippen LogP contribution in [0.1, 0.15) is 5.82 Å². The summed E-state index contributed by atoms with van der Waals surface area (Å²) in [5.41, 5.74) is 1.59. The molecule has 1 aliphatic rings. The van der Waals surface area contributed by atoms with Crippen LogP contribution in [0.4, 0.5) is 5.69 Å². The average molecular weight is 415 g/mol. The summed E-state index contributed by atoms with van der Waals surface area (Å²) < 4.78 is 29.2. The molecule has 4 rings (SSSR count). The van der Waals surface area contributed by atoms with Gasteiger partial charge in [0.05, 0.1) is 22.5 Å². The van der Waals surface area contributed by atoms with Crippen LogP contribution in [0.2, 0.25) is 0 Å². The Balaban J connectivity index is 1.48. The van der Waals surface area contributed by atoms with E-state index in [0.717, 1.165) is 16.9 Å². The molecule has 1 aromatic heterocycles. The van der Waals surface area contributed by atoms with Crippen LogP contribution < -0.4 is 0 Å². The lowest BCUT2D eigenvalue weighted by molar-refractivity contribution is -0.387. The molecule has 0 bridgehead atoms. The monoisotopic (exact) mass is 415 g/mol. The number of hydrogen-bond donors (Lipinski definition) is 0. The van der Waals surface area contributed by atoms with Gasteiger partial charge in [-0.2, -0.15) is 4.31 Å². The van der Waals surface area contributed by atoms with Crippen molar-refractivity contribution in [2.75, 3.05) is 26.2 Å². The lowest BCUT2D eigenvalue weighted by atomic mass is 10.3. The van der Waals surface area contributed by atoms with Crippen LogP contribution in [0, 0.1) is 10.1 Å². The molecular formula is C19H21N5O4S. The summed E-state index contributed by atoms with van der Waals surface area (Å²) >= 11 is 0. The molecule has 3 aromatic rings. The fourth-order valence-corrected chi connectivity index (χ4v) is 5.21. The van der Waals surface area contributed by atoms with E-state index in [0.29, 0.717) is 19.6 Å². The van der Waals surface area contributed by atoms with Crippen molar-refractivity contribution < 1.29 is 13.3 Å². The van der Waals surface area contributed by atoms with Gasteiger partial charge in [-0.25, -0.2) is 13.4 Å². The van der Waals surface area contributed by atoms with E-state index in [1.807, 2.05) is 35.9 Å². The summed E-state index contributed by atoms with van der Waals surface area (Å²) in [5, 5.41) is 11.2. The average Bonchev–Trinajstić information content (AvgIpc) is 3.04. The van der Waals surface area contributed by atoms with Gasteiger partial charge in [-0.15, -0.1) is 0 Å². The molecule has 29 heavy (non-hydrogen) atoms. The van der Waals surface area contributed by atoms with Crippen LogP contribution in [0.3, 0.4) is 0 Å². The number of para-hydroxylation sites is 3. The second-order valence-electron chi connectivity index (χ2n) is 6.98. The lowest BCUT2D eigenvalue weighted by Gasteiger charge is -2.33. The molecule has 2 aromatic carbocycles.